The van der Waals surface area contributed by atoms with Crippen LogP contribution in [0.15, 0.2) is 29.2 Å². The molecule has 1 aromatic carbocycles. The van der Waals surface area contributed by atoms with Crippen LogP contribution in [0.2, 0.25) is 0 Å². The van der Waals surface area contributed by atoms with Gasteiger partial charge in [-0.3, -0.25) is 18.9 Å². The predicted molar refractivity (Wildman–Crippen MR) is 108 cm³/mol. The minimum Gasteiger partial charge on any atom is -0.336 e. The van der Waals surface area contributed by atoms with Gasteiger partial charge in [0.15, 0.2) is 0 Å². The second-order valence-electron chi connectivity index (χ2n) is 7.36. The first kappa shape index (κ1) is 21.1. The van der Waals surface area contributed by atoms with Gasteiger partial charge in [-0.05, 0) is 30.7 Å². The lowest BCUT2D eigenvalue weighted by Gasteiger charge is -2.42. The van der Waals surface area contributed by atoms with Crippen LogP contribution < -0.4 is 5.32 Å². The molecule has 1 aromatic rings. The van der Waals surface area contributed by atoms with Crippen molar-refractivity contribution in [3.05, 3.63) is 29.8 Å². The molecule has 3 saturated heterocycles. The number of hydrogen-bond acceptors (Lipinski definition) is 7. The molecule has 0 aliphatic carbocycles. The second kappa shape index (κ2) is 8.17. The molecular weight excluding hydrogens is 432 g/mol. The van der Waals surface area contributed by atoms with Crippen molar-refractivity contribution in [1.82, 2.24) is 19.4 Å². The monoisotopic (exact) mass is 454 g/mol. The number of benzene rings is 1. The van der Waals surface area contributed by atoms with Crippen LogP contribution in [0.1, 0.15) is 16.8 Å². The fourth-order valence-corrected chi connectivity index (χ4v) is 5.75. The Balaban J connectivity index is 1.31. The number of β-lactam (4-membered cyclic amide) rings is 1. The number of fused-ring (bicyclic) bond motifs is 1. The number of rotatable bonds is 5. The summed E-state index contributed by atoms with van der Waals surface area (Å²) in [5.41, 5.74) is 0.598. The van der Waals surface area contributed by atoms with E-state index in [0.717, 1.165) is 18.0 Å². The third kappa shape index (κ3) is 3.92. The summed E-state index contributed by atoms with van der Waals surface area (Å²) in [4.78, 5) is 41.1. The number of nitrogens with one attached hydrogen (secondary N) is 1. The Labute approximate surface area is 178 Å². The Morgan fingerprint density at radius 3 is 2.43 bits per heavy atom. The molecule has 0 radical (unpaired) electrons. The number of amides is 3. The van der Waals surface area contributed by atoms with E-state index in [1.165, 1.54) is 16.7 Å². The van der Waals surface area contributed by atoms with Gasteiger partial charge in [0.1, 0.15) is 6.04 Å². The Morgan fingerprint density at radius 1 is 1.13 bits per heavy atom. The van der Waals surface area contributed by atoms with E-state index in [0.29, 0.717) is 29.4 Å². The van der Waals surface area contributed by atoms with Gasteiger partial charge < -0.3 is 15.1 Å². The van der Waals surface area contributed by atoms with Crippen molar-refractivity contribution < 1.29 is 27.4 Å². The molecule has 10 nitrogen and oxygen atoms in total. The fraction of sp³-hybridized carbons (Fsp3) is 0.500. The van der Waals surface area contributed by atoms with E-state index in [1.54, 1.807) is 29.2 Å². The zero-order chi connectivity index (χ0) is 21.5. The molecule has 0 bridgehead atoms. The van der Waals surface area contributed by atoms with E-state index in [1.807, 2.05) is 0 Å². The number of hydrogen-bond donors (Lipinski definition) is 2. The summed E-state index contributed by atoms with van der Waals surface area (Å²) < 4.78 is 32.1. The van der Waals surface area contributed by atoms with Crippen molar-refractivity contribution in [1.29, 1.82) is 0 Å². The van der Waals surface area contributed by atoms with E-state index >= 15 is 0 Å². The van der Waals surface area contributed by atoms with Crippen LogP contribution in [-0.4, -0.2) is 95.4 Å². The highest BCUT2D eigenvalue weighted by Crippen LogP contribution is 2.36. The van der Waals surface area contributed by atoms with Crippen molar-refractivity contribution >= 4 is 39.8 Å². The first-order valence-electron chi connectivity index (χ1n) is 9.60. The maximum Gasteiger partial charge on any atom is 0.362 e. The molecule has 3 aliphatic rings. The van der Waals surface area contributed by atoms with Crippen LogP contribution >= 0.6 is 11.8 Å². The normalized spacial score (nSPS) is 23.9. The van der Waals surface area contributed by atoms with Crippen LogP contribution in [0.3, 0.4) is 0 Å². The maximum absolute atomic E-state index is 12.5. The number of piperazine rings is 1. The maximum atomic E-state index is 12.5. The van der Waals surface area contributed by atoms with Crippen LogP contribution in [0, 0.1) is 0 Å². The minimum absolute atomic E-state index is 0.0147. The molecule has 2 N–H and O–H groups in total. The molecule has 3 fully saturated rings. The zero-order valence-electron chi connectivity index (χ0n) is 16.1. The molecule has 0 saturated carbocycles. The van der Waals surface area contributed by atoms with Crippen LogP contribution in [0.4, 0.5) is 0 Å². The van der Waals surface area contributed by atoms with Gasteiger partial charge in [0.25, 0.3) is 11.8 Å². The van der Waals surface area contributed by atoms with E-state index in [9.17, 15) is 22.8 Å². The van der Waals surface area contributed by atoms with Gasteiger partial charge in [-0.25, -0.2) is 4.31 Å². The minimum atomic E-state index is -4.59. The van der Waals surface area contributed by atoms with Crippen molar-refractivity contribution in [2.24, 2.45) is 0 Å². The van der Waals surface area contributed by atoms with Gasteiger partial charge in [0.05, 0.1) is 11.8 Å². The average Bonchev–Trinajstić information content (AvgIpc) is 3.10. The number of thioether (sulfide) groups is 1. The van der Waals surface area contributed by atoms with E-state index in [4.69, 9.17) is 4.55 Å². The molecule has 0 unspecified atom stereocenters. The summed E-state index contributed by atoms with van der Waals surface area (Å²) in [6, 6.07) is 5.55. The first-order chi connectivity index (χ1) is 14.3. The highest BCUT2D eigenvalue weighted by Gasteiger charge is 2.59. The average molecular weight is 455 g/mol. The quantitative estimate of drug-likeness (QED) is 0.344. The summed E-state index contributed by atoms with van der Waals surface area (Å²) in [6.07, 6.45) is 0.315. The largest absolute Gasteiger partial charge is 0.362 e. The Hall–Kier alpha value is -2.15. The van der Waals surface area contributed by atoms with E-state index < -0.39 is 28.3 Å². The number of nitrogens with zero attached hydrogens (tertiary/aromatic N) is 3. The topological polar surface area (TPSA) is 127 Å². The van der Waals surface area contributed by atoms with Crippen molar-refractivity contribution in [3.8, 4) is 0 Å². The number of carbonyl (C=O) groups excluding carboxylic acids is 3. The van der Waals surface area contributed by atoms with Gasteiger partial charge in [0, 0.05) is 43.2 Å². The molecule has 30 heavy (non-hydrogen) atoms. The standard InChI is InChI=1S/C18H22N4O6S2/c23-15(21-8-5-14-16(21)18(25)22(14)30(26,27)28)11-29-13-3-1-12(2-4-13)17(24)20-9-6-19-7-10-20/h1-4,14,16,19H,5-11H2,(H,26,27,28)/t14-,16-/m1/s1. The highest BCUT2D eigenvalue weighted by molar-refractivity contribution is 8.00. The van der Waals surface area contributed by atoms with Crippen molar-refractivity contribution in [2.75, 3.05) is 38.5 Å². The van der Waals surface area contributed by atoms with Crippen molar-refractivity contribution in [2.45, 2.75) is 23.4 Å². The molecular formula is C18H22N4O6S2. The molecule has 0 aromatic heterocycles. The van der Waals surface area contributed by atoms with Gasteiger partial charge >= 0.3 is 10.3 Å². The number of likely N-dealkylation sites (tertiary alicyclic amines) is 1. The van der Waals surface area contributed by atoms with E-state index in [-0.39, 0.29) is 24.1 Å². The lowest BCUT2D eigenvalue weighted by molar-refractivity contribution is -0.150. The van der Waals surface area contributed by atoms with E-state index in [2.05, 4.69) is 5.32 Å². The molecule has 3 heterocycles. The predicted octanol–water partition coefficient (Wildman–Crippen LogP) is -0.561. The van der Waals surface area contributed by atoms with Gasteiger partial charge in [-0.15, -0.1) is 11.8 Å². The molecule has 0 spiro atoms. The Kier molecular flexibility index (Phi) is 5.75. The molecule has 4 rings (SSSR count). The number of carbonyl (C=O) groups is 3. The van der Waals surface area contributed by atoms with Gasteiger partial charge in [-0.1, -0.05) is 0 Å². The zero-order valence-corrected chi connectivity index (χ0v) is 17.7. The van der Waals surface area contributed by atoms with Crippen LogP contribution in [-0.2, 0) is 19.9 Å². The smallest absolute Gasteiger partial charge is 0.336 e. The Bertz CT molecular complexity index is 961. The molecule has 162 valence electrons. The summed E-state index contributed by atoms with van der Waals surface area (Å²) in [7, 11) is -4.59. The molecule has 12 heteroatoms. The van der Waals surface area contributed by atoms with Gasteiger partial charge in [0.2, 0.25) is 5.91 Å². The lowest BCUT2D eigenvalue weighted by Crippen LogP contribution is -2.68. The van der Waals surface area contributed by atoms with Crippen molar-refractivity contribution in [3.63, 3.8) is 0 Å². The fourth-order valence-electron chi connectivity index (χ4n) is 4.07. The SMILES string of the molecule is O=C(c1ccc(SCC(=O)N2CC[C@@H]3[C@@H]2C(=O)N3S(=O)(=O)O)cc1)N1CCNCC1. The highest BCUT2D eigenvalue weighted by atomic mass is 32.2. The molecule has 2 atom stereocenters. The summed E-state index contributed by atoms with van der Waals surface area (Å²) in [5, 5.41) is 3.20. The third-order valence-corrected chi connectivity index (χ3v) is 7.52. The molecule has 3 amide bonds. The summed E-state index contributed by atoms with van der Waals surface area (Å²) in [6.45, 7) is 3.19. The molecule has 3 aliphatic heterocycles. The second-order valence-corrected chi connectivity index (χ2v) is 9.69. The van der Waals surface area contributed by atoms with Crippen LogP contribution in [0.5, 0.6) is 0 Å². The Morgan fingerprint density at radius 2 is 1.80 bits per heavy atom. The summed E-state index contributed by atoms with van der Waals surface area (Å²) in [5.74, 6) is -0.960. The summed E-state index contributed by atoms with van der Waals surface area (Å²) >= 11 is 1.29. The van der Waals surface area contributed by atoms with Crippen LogP contribution in [0.25, 0.3) is 0 Å². The lowest BCUT2D eigenvalue weighted by atomic mass is 10.0. The van der Waals surface area contributed by atoms with Gasteiger partial charge in [-0.2, -0.15) is 8.42 Å². The first-order valence-corrected chi connectivity index (χ1v) is 12.0. The third-order valence-electron chi connectivity index (χ3n) is 5.57.